The van der Waals surface area contributed by atoms with Crippen molar-refractivity contribution in [1.29, 1.82) is 0 Å². The van der Waals surface area contributed by atoms with Crippen molar-refractivity contribution in [2.45, 2.75) is 44.3 Å². The molecule has 2 rings (SSSR count). The number of hydrogen-bond donors (Lipinski definition) is 1. The fourth-order valence-corrected chi connectivity index (χ4v) is 2.63. The Hall–Kier alpha value is -2.55. The summed E-state index contributed by atoms with van der Waals surface area (Å²) in [5.74, 6) is 0. The fraction of sp³-hybridized carbons (Fsp3) is 0.350. The maximum Gasteiger partial charge on any atom is 0.430 e. The monoisotopic (exact) mass is 419 g/mol. The molecule has 3 nitrogen and oxygen atoms in total. The van der Waals surface area contributed by atoms with Crippen LogP contribution in [0.15, 0.2) is 59.8 Å². The van der Waals surface area contributed by atoms with E-state index in [1.54, 1.807) is 0 Å². The second kappa shape index (κ2) is 8.86. The van der Waals surface area contributed by atoms with Crippen molar-refractivity contribution in [1.82, 2.24) is 0 Å². The normalized spacial score (nSPS) is 13.4. The van der Waals surface area contributed by atoms with E-state index >= 15 is 0 Å². The van der Waals surface area contributed by atoms with Gasteiger partial charge in [0.05, 0.1) is 5.71 Å². The van der Waals surface area contributed by atoms with Crippen LogP contribution >= 0.6 is 0 Å². The van der Waals surface area contributed by atoms with Gasteiger partial charge in [0.25, 0.3) is 5.60 Å². The Balaban J connectivity index is 2.28. The molecular formula is C20H19F6NO2. The van der Waals surface area contributed by atoms with Gasteiger partial charge in [-0.1, -0.05) is 73.1 Å². The highest BCUT2D eigenvalue weighted by molar-refractivity contribution is 6.00. The van der Waals surface area contributed by atoms with Gasteiger partial charge in [-0.15, -0.1) is 0 Å². The summed E-state index contributed by atoms with van der Waals surface area (Å²) in [6.07, 6.45) is -10.8. The maximum atomic E-state index is 13.0. The Kier molecular flexibility index (Phi) is 6.94. The molecule has 29 heavy (non-hydrogen) atoms. The van der Waals surface area contributed by atoms with Gasteiger partial charge in [-0.3, -0.25) is 0 Å². The summed E-state index contributed by atoms with van der Waals surface area (Å²) >= 11 is 0. The summed E-state index contributed by atoms with van der Waals surface area (Å²) in [7, 11) is 0. The van der Waals surface area contributed by atoms with E-state index in [1.807, 2.05) is 37.3 Å². The topological polar surface area (TPSA) is 41.8 Å². The van der Waals surface area contributed by atoms with Crippen LogP contribution in [0.3, 0.4) is 0 Å². The summed E-state index contributed by atoms with van der Waals surface area (Å²) in [5.41, 5.74) is -4.75. The quantitative estimate of drug-likeness (QED) is 0.354. The molecule has 0 aliphatic carbocycles. The molecular weight excluding hydrogens is 400 g/mol. The zero-order valence-electron chi connectivity index (χ0n) is 15.4. The molecule has 0 spiro atoms. The third kappa shape index (κ3) is 5.09. The highest BCUT2D eigenvalue weighted by Crippen LogP contribution is 2.49. The number of alkyl halides is 6. The number of nitrogens with zero attached hydrogens (tertiary/aromatic N) is 1. The molecule has 0 bridgehead atoms. The third-order valence-electron chi connectivity index (χ3n) is 4.19. The molecule has 0 saturated carbocycles. The number of hydrogen-bond acceptors (Lipinski definition) is 3. The Morgan fingerprint density at radius 1 is 0.897 bits per heavy atom. The lowest BCUT2D eigenvalue weighted by atomic mass is 9.91. The largest absolute Gasteiger partial charge is 0.430 e. The Labute approximate surface area is 163 Å². The van der Waals surface area contributed by atoms with Crippen molar-refractivity contribution < 1.29 is 36.3 Å². The first-order valence-corrected chi connectivity index (χ1v) is 8.70. The van der Waals surface area contributed by atoms with Gasteiger partial charge in [-0.05, 0) is 17.5 Å². The lowest BCUT2D eigenvalue weighted by molar-refractivity contribution is -0.376. The van der Waals surface area contributed by atoms with E-state index in [4.69, 9.17) is 4.84 Å². The zero-order valence-corrected chi connectivity index (χ0v) is 15.4. The van der Waals surface area contributed by atoms with Gasteiger partial charge in [0, 0.05) is 5.56 Å². The van der Waals surface area contributed by atoms with Gasteiger partial charge < -0.3 is 9.94 Å². The van der Waals surface area contributed by atoms with Crippen molar-refractivity contribution in [2.24, 2.45) is 5.16 Å². The van der Waals surface area contributed by atoms with E-state index in [-0.39, 0.29) is 6.61 Å². The predicted octanol–water partition coefficient (Wildman–Crippen LogP) is 5.72. The van der Waals surface area contributed by atoms with Crippen LogP contribution in [0.5, 0.6) is 0 Å². The first-order valence-electron chi connectivity index (χ1n) is 8.70. The van der Waals surface area contributed by atoms with E-state index in [0.29, 0.717) is 36.2 Å². The number of halogens is 6. The zero-order chi connectivity index (χ0) is 21.7. The second-order valence-electron chi connectivity index (χ2n) is 6.33. The Morgan fingerprint density at radius 3 is 1.93 bits per heavy atom. The van der Waals surface area contributed by atoms with Gasteiger partial charge in [-0.25, -0.2) is 0 Å². The average Bonchev–Trinajstić information content (AvgIpc) is 2.66. The number of rotatable bonds is 7. The third-order valence-corrected chi connectivity index (χ3v) is 4.19. The van der Waals surface area contributed by atoms with Crippen LogP contribution in [0, 0.1) is 0 Å². The fourth-order valence-electron chi connectivity index (χ4n) is 2.63. The number of benzene rings is 2. The maximum absolute atomic E-state index is 13.0. The molecule has 0 heterocycles. The molecule has 0 unspecified atom stereocenters. The first-order chi connectivity index (χ1) is 13.5. The van der Waals surface area contributed by atoms with Crippen LogP contribution < -0.4 is 0 Å². The van der Waals surface area contributed by atoms with Crippen LogP contribution in [0.25, 0.3) is 0 Å². The molecule has 0 saturated heterocycles. The molecule has 2 aromatic carbocycles. The summed E-state index contributed by atoms with van der Waals surface area (Å²) in [6.45, 7) is 2.00. The molecule has 0 atom stereocenters. The highest BCUT2D eigenvalue weighted by atomic mass is 19.4. The van der Waals surface area contributed by atoms with Crippen LogP contribution in [0.1, 0.15) is 36.5 Å². The van der Waals surface area contributed by atoms with Gasteiger partial charge in [0.1, 0.15) is 6.61 Å². The first kappa shape index (κ1) is 22.7. The van der Waals surface area contributed by atoms with E-state index in [9.17, 15) is 31.4 Å². The average molecular weight is 419 g/mol. The SMILES string of the molecule is CCC/C(=N/OCc1ccccc1)c1ccc(C(O)(C(F)(F)F)C(F)(F)F)cc1. The molecule has 0 fully saturated rings. The second-order valence-corrected chi connectivity index (χ2v) is 6.33. The highest BCUT2D eigenvalue weighted by Gasteiger charge is 2.71. The molecule has 2 aromatic rings. The van der Waals surface area contributed by atoms with Gasteiger partial charge >= 0.3 is 12.4 Å². The van der Waals surface area contributed by atoms with Crippen LogP contribution in [-0.4, -0.2) is 23.2 Å². The molecule has 1 N–H and O–H groups in total. The molecule has 0 radical (unpaired) electrons. The van der Waals surface area contributed by atoms with Crippen molar-refractivity contribution in [3.05, 3.63) is 71.3 Å². The molecule has 0 aromatic heterocycles. The molecule has 158 valence electrons. The summed E-state index contributed by atoms with van der Waals surface area (Å²) in [4.78, 5) is 5.27. The molecule has 9 heteroatoms. The van der Waals surface area contributed by atoms with E-state index in [0.717, 1.165) is 17.7 Å². The van der Waals surface area contributed by atoms with Crippen molar-refractivity contribution in [2.75, 3.05) is 0 Å². The molecule has 0 aliphatic rings. The van der Waals surface area contributed by atoms with Crippen molar-refractivity contribution in [3.63, 3.8) is 0 Å². The number of oxime groups is 1. The smallest absolute Gasteiger partial charge is 0.391 e. The standard InChI is InChI=1S/C20H19F6NO2/c1-2-6-17(27-29-13-14-7-4-3-5-8-14)15-9-11-16(12-10-15)18(28,19(21,22)23)20(24,25)26/h3-5,7-12,28H,2,6,13H2,1H3/b27-17-. The van der Waals surface area contributed by atoms with Crippen LogP contribution in [0.2, 0.25) is 0 Å². The minimum Gasteiger partial charge on any atom is -0.391 e. The van der Waals surface area contributed by atoms with E-state index in [1.165, 1.54) is 0 Å². The van der Waals surface area contributed by atoms with Gasteiger partial charge in [0.2, 0.25) is 0 Å². The Morgan fingerprint density at radius 2 is 1.45 bits per heavy atom. The molecule has 0 amide bonds. The lowest BCUT2D eigenvalue weighted by Gasteiger charge is -2.32. The summed E-state index contributed by atoms with van der Waals surface area (Å²) in [5, 5.41) is 13.4. The van der Waals surface area contributed by atoms with Crippen LogP contribution in [0.4, 0.5) is 26.3 Å². The summed E-state index contributed by atoms with van der Waals surface area (Å²) < 4.78 is 77.9. The predicted molar refractivity (Wildman–Crippen MR) is 95.1 cm³/mol. The Bertz CT molecular complexity index is 800. The van der Waals surface area contributed by atoms with Crippen LogP contribution in [-0.2, 0) is 17.0 Å². The number of aliphatic hydroxyl groups is 1. The minimum atomic E-state index is -5.92. The van der Waals surface area contributed by atoms with E-state index in [2.05, 4.69) is 5.16 Å². The molecule has 0 aliphatic heterocycles. The summed E-state index contributed by atoms with van der Waals surface area (Å²) in [6, 6.07) is 12.4. The van der Waals surface area contributed by atoms with Gasteiger partial charge in [-0.2, -0.15) is 26.3 Å². The lowest BCUT2D eigenvalue weighted by Crippen LogP contribution is -2.53. The van der Waals surface area contributed by atoms with E-state index < -0.39 is 23.5 Å². The van der Waals surface area contributed by atoms with Gasteiger partial charge in [0.15, 0.2) is 0 Å². The van der Waals surface area contributed by atoms with Crippen molar-refractivity contribution in [3.8, 4) is 0 Å². The van der Waals surface area contributed by atoms with Crippen molar-refractivity contribution >= 4 is 5.71 Å². The minimum absolute atomic E-state index is 0.161.